The van der Waals surface area contributed by atoms with E-state index in [0.717, 1.165) is 11.5 Å². The van der Waals surface area contributed by atoms with E-state index >= 15 is 0 Å². The first-order valence-corrected chi connectivity index (χ1v) is 8.08. The van der Waals surface area contributed by atoms with Gasteiger partial charge in [0.05, 0.1) is 6.10 Å². The fourth-order valence-electron chi connectivity index (χ4n) is 1.92. The van der Waals surface area contributed by atoms with E-state index in [4.69, 9.17) is 10.5 Å². The van der Waals surface area contributed by atoms with Crippen LogP contribution in [0.2, 0.25) is 0 Å². The molecule has 0 amide bonds. The molecule has 0 saturated heterocycles. The zero-order valence-corrected chi connectivity index (χ0v) is 13.0. The fraction of sp³-hybridized carbons (Fsp3) is 0.294. The molecule has 0 bridgehead atoms. The van der Waals surface area contributed by atoms with E-state index in [1.807, 2.05) is 12.1 Å². The van der Waals surface area contributed by atoms with Gasteiger partial charge >= 0.3 is 0 Å². The van der Waals surface area contributed by atoms with Crippen molar-refractivity contribution in [1.29, 1.82) is 0 Å². The summed E-state index contributed by atoms with van der Waals surface area (Å²) < 4.78 is 5.53. The molecule has 112 valence electrons. The molecule has 0 heterocycles. The Labute approximate surface area is 130 Å². The lowest BCUT2D eigenvalue weighted by Crippen LogP contribution is -2.20. The lowest BCUT2D eigenvalue weighted by molar-refractivity contribution is 0.126. The molecule has 0 saturated carbocycles. The van der Waals surface area contributed by atoms with Gasteiger partial charge in [0, 0.05) is 17.2 Å². The minimum Gasteiger partial charge on any atom is -0.491 e. The summed E-state index contributed by atoms with van der Waals surface area (Å²) in [5.74, 6) is 2.29. The Hall–Kier alpha value is -1.65. The number of ether oxygens (including phenoxy) is 1. The molecule has 3 nitrogen and oxygen atoms in total. The van der Waals surface area contributed by atoms with Gasteiger partial charge < -0.3 is 15.6 Å². The average Bonchev–Trinajstić information content (AvgIpc) is 2.47. The summed E-state index contributed by atoms with van der Waals surface area (Å²) in [4.78, 5) is 0. The Morgan fingerprint density at radius 2 is 1.95 bits per heavy atom. The van der Waals surface area contributed by atoms with Gasteiger partial charge in [0.1, 0.15) is 12.4 Å². The molecular formula is C17H21NO2S. The summed E-state index contributed by atoms with van der Waals surface area (Å²) in [6.45, 7) is 2.38. The Kier molecular flexibility index (Phi) is 5.96. The van der Waals surface area contributed by atoms with Crippen LogP contribution in [-0.2, 0) is 5.75 Å². The largest absolute Gasteiger partial charge is 0.491 e. The molecule has 2 aromatic rings. The lowest BCUT2D eigenvalue weighted by atomic mass is 10.2. The molecule has 2 rings (SSSR count). The first-order valence-electron chi connectivity index (χ1n) is 6.93. The molecule has 0 aliphatic rings. The van der Waals surface area contributed by atoms with E-state index in [-0.39, 0.29) is 0 Å². The highest BCUT2D eigenvalue weighted by molar-refractivity contribution is 7.98. The number of anilines is 1. The molecule has 0 spiro atoms. The first-order chi connectivity index (χ1) is 10.1. The number of thioether (sulfide) groups is 1. The van der Waals surface area contributed by atoms with E-state index in [2.05, 4.69) is 31.2 Å². The third-order valence-corrected chi connectivity index (χ3v) is 4.14. The van der Waals surface area contributed by atoms with E-state index < -0.39 is 6.10 Å². The topological polar surface area (TPSA) is 55.5 Å². The van der Waals surface area contributed by atoms with Crippen molar-refractivity contribution in [1.82, 2.24) is 0 Å². The highest BCUT2D eigenvalue weighted by Crippen LogP contribution is 2.16. The molecule has 3 N–H and O–H groups in total. The smallest absolute Gasteiger partial charge is 0.119 e. The van der Waals surface area contributed by atoms with Crippen LogP contribution in [0.15, 0.2) is 48.5 Å². The van der Waals surface area contributed by atoms with Gasteiger partial charge in [-0.2, -0.15) is 11.8 Å². The number of aryl methyl sites for hydroxylation is 1. The number of hydrogen-bond acceptors (Lipinski definition) is 4. The SMILES string of the molecule is Cc1cccc(CSCC(O)COc2ccc(N)cc2)c1. The first kappa shape index (κ1) is 15.7. The molecule has 1 atom stereocenters. The van der Waals surface area contributed by atoms with Crippen molar-refractivity contribution in [3.8, 4) is 5.75 Å². The Morgan fingerprint density at radius 3 is 2.67 bits per heavy atom. The van der Waals surface area contributed by atoms with E-state index in [0.29, 0.717) is 18.0 Å². The Morgan fingerprint density at radius 1 is 1.19 bits per heavy atom. The third kappa shape index (κ3) is 5.69. The summed E-state index contributed by atoms with van der Waals surface area (Å²) in [7, 11) is 0. The minimum absolute atomic E-state index is 0.296. The molecule has 0 aromatic heterocycles. The van der Waals surface area contributed by atoms with Gasteiger partial charge in [-0.1, -0.05) is 29.8 Å². The third-order valence-electron chi connectivity index (χ3n) is 2.98. The van der Waals surface area contributed by atoms with Crippen LogP contribution in [-0.4, -0.2) is 23.6 Å². The second kappa shape index (κ2) is 7.96. The number of nitrogens with two attached hydrogens (primary N) is 1. The van der Waals surface area contributed by atoms with Crippen LogP contribution in [0, 0.1) is 6.92 Å². The van der Waals surface area contributed by atoms with Crippen molar-refractivity contribution >= 4 is 17.4 Å². The molecule has 1 unspecified atom stereocenters. The molecular weight excluding hydrogens is 282 g/mol. The van der Waals surface area contributed by atoms with Gasteiger partial charge in [-0.3, -0.25) is 0 Å². The van der Waals surface area contributed by atoms with Gasteiger partial charge in [0.15, 0.2) is 0 Å². The quantitative estimate of drug-likeness (QED) is 0.771. The second-order valence-electron chi connectivity index (χ2n) is 5.04. The maximum absolute atomic E-state index is 9.93. The highest BCUT2D eigenvalue weighted by atomic mass is 32.2. The van der Waals surface area contributed by atoms with Crippen LogP contribution < -0.4 is 10.5 Å². The van der Waals surface area contributed by atoms with Crippen LogP contribution in [0.4, 0.5) is 5.69 Å². The lowest BCUT2D eigenvalue weighted by Gasteiger charge is -2.12. The maximum atomic E-state index is 9.93. The van der Waals surface area contributed by atoms with Crippen molar-refractivity contribution < 1.29 is 9.84 Å². The van der Waals surface area contributed by atoms with Gasteiger partial charge in [0.2, 0.25) is 0 Å². The van der Waals surface area contributed by atoms with Gasteiger partial charge in [-0.15, -0.1) is 0 Å². The number of aliphatic hydroxyl groups excluding tert-OH is 1. The summed E-state index contributed by atoms with van der Waals surface area (Å²) in [5, 5.41) is 9.93. The molecule has 4 heteroatoms. The summed E-state index contributed by atoms with van der Waals surface area (Å²) >= 11 is 1.71. The maximum Gasteiger partial charge on any atom is 0.119 e. The number of aliphatic hydroxyl groups is 1. The predicted octanol–water partition coefficient (Wildman–Crippen LogP) is 3.25. The van der Waals surface area contributed by atoms with Crippen LogP contribution in [0.25, 0.3) is 0 Å². The molecule has 21 heavy (non-hydrogen) atoms. The van der Waals surface area contributed by atoms with E-state index in [1.165, 1.54) is 11.1 Å². The molecule has 0 aliphatic carbocycles. The Balaban J connectivity index is 1.67. The number of rotatable bonds is 7. The fourth-order valence-corrected chi connectivity index (χ4v) is 2.82. The van der Waals surface area contributed by atoms with Gasteiger partial charge in [-0.05, 0) is 36.8 Å². The zero-order valence-electron chi connectivity index (χ0n) is 12.2. The van der Waals surface area contributed by atoms with Crippen LogP contribution in [0.1, 0.15) is 11.1 Å². The predicted molar refractivity (Wildman–Crippen MR) is 89.7 cm³/mol. The van der Waals surface area contributed by atoms with Crippen molar-refractivity contribution in [2.75, 3.05) is 18.1 Å². The van der Waals surface area contributed by atoms with Crippen molar-refractivity contribution in [3.63, 3.8) is 0 Å². The van der Waals surface area contributed by atoms with Crippen molar-refractivity contribution in [2.24, 2.45) is 0 Å². The van der Waals surface area contributed by atoms with Crippen molar-refractivity contribution in [2.45, 2.75) is 18.8 Å². The van der Waals surface area contributed by atoms with Gasteiger partial charge in [-0.25, -0.2) is 0 Å². The van der Waals surface area contributed by atoms with Crippen LogP contribution in [0.5, 0.6) is 5.75 Å². The monoisotopic (exact) mass is 303 g/mol. The molecule has 0 fully saturated rings. The van der Waals surface area contributed by atoms with Crippen molar-refractivity contribution in [3.05, 3.63) is 59.7 Å². The number of nitrogen functional groups attached to an aromatic ring is 1. The summed E-state index contributed by atoms with van der Waals surface area (Å²) in [6.07, 6.45) is -0.475. The normalized spacial score (nSPS) is 12.1. The highest BCUT2D eigenvalue weighted by Gasteiger charge is 2.06. The number of hydrogen-bond donors (Lipinski definition) is 2. The molecule has 0 aliphatic heterocycles. The van der Waals surface area contributed by atoms with Gasteiger partial charge in [0.25, 0.3) is 0 Å². The Bertz CT molecular complexity index is 557. The molecule has 2 aromatic carbocycles. The number of benzene rings is 2. The summed E-state index contributed by atoms with van der Waals surface area (Å²) in [5.41, 5.74) is 8.86. The zero-order chi connectivity index (χ0) is 15.1. The van der Waals surface area contributed by atoms with Crippen LogP contribution in [0.3, 0.4) is 0 Å². The minimum atomic E-state index is -0.475. The van der Waals surface area contributed by atoms with E-state index in [9.17, 15) is 5.11 Å². The van der Waals surface area contributed by atoms with E-state index in [1.54, 1.807) is 23.9 Å². The standard InChI is InChI=1S/C17H21NO2S/c1-13-3-2-4-14(9-13)11-21-12-16(19)10-20-17-7-5-15(18)6-8-17/h2-9,16,19H,10-12,18H2,1H3. The molecule has 0 radical (unpaired) electrons. The second-order valence-corrected chi connectivity index (χ2v) is 6.07. The summed E-state index contributed by atoms with van der Waals surface area (Å²) in [6, 6.07) is 15.6. The van der Waals surface area contributed by atoms with Crippen LogP contribution >= 0.6 is 11.8 Å². The average molecular weight is 303 g/mol.